The molecule has 0 saturated carbocycles. The lowest BCUT2D eigenvalue weighted by Crippen LogP contribution is -2.35. The Morgan fingerprint density at radius 3 is 2.00 bits per heavy atom. The van der Waals surface area contributed by atoms with E-state index in [-0.39, 0.29) is 25.2 Å². The number of unbranched alkanes of at least 4 members (excludes halogenated alkanes) is 1. The van der Waals surface area contributed by atoms with Crippen molar-refractivity contribution < 1.29 is 33.3 Å². The molecule has 0 spiro atoms. The lowest BCUT2D eigenvalue weighted by atomic mass is 9.85. The Morgan fingerprint density at radius 1 is 0.786 bits per heavy atom. The van der Waals surface area contributed by atoms with E-state index in [1.54, 1.807) is 46.3 Å². The van der Waals surface area contributed by atoms with Crippen molar-refractivity contribution in [1.82, 2.24) is 15.0 Å². The number of benzene rings is 2. The number of rotatable bonds is 15. The van der Waals surface area contributed by atoms with Crippen molar-refractivity contribution in [3.05, 3.63) is 48.0 Å². The predicted molar refractivity (Wildman–Crippen MR) is 158 cm³/mol. The van der Waals surface area contributed by atoms with Crippen molar-refractivity contribution in [2.24, 2.45) is 17.8 Å². The molecule has 0 bridgehead atoms. The highest BCUT2D eigenvalue weighted by Gasteiger charge is 2.36. The first kappa shape index (κ1) is 32.6. The summed E-state index contributed by atoms with van der Waals surface area (Å²) >= 11 is 0. The van der Waals surface area contributed by atoms with Gasteiger partial charge in [-0.3, -0.25) is 14.4 Å². The monoisotopic (exact) mass is 581 g/mol. The van der Waals surface area contributed by atoms with Gasteiger partial charge in [0.2, 0.25) is 0 Å². The van der Waals surface area contributed by atoms with E-state index in [2.05, 4.69) is 10.2 Å². The largest absolute Gasteiger partial charge is 0.491 e. The van der Waals surface area contributed by atoms with Gasteiger partial charge in [-0.05, 0) is 83.7 Å². The topological polar surface area (TPSA) is 119 Å². The molecular weight excluding hydrogens is 538 g/mol. The van der Waals surface area contributed by atoms with E-state index >= 15 is 0 Å². The van der Waals surface area contributed by atoms with E-state index < -0.39 is 35.7 Å². The van der Waals surface area contributed by atoms with Crippen LogP contribution in [-0.2, 0) is 28.6 Å². The van der Waals surface area contributed by atoms with Crippen LogP contribution in [0.15, 0.2) is 42.5 Å². The number of nitrogens with zero attached hydrogens (tertiary/aromatic N) is 3. The average molecular weight is 582 g/mol. The number of hydrogen-bond donors (Lipinski definition) is 0. The molecule has 0 aliphatic carbocycles. The number of carbonyl (C=O) groups excluding carboxylic acids is 3. The van der Waals surface area contributed by atoms with Gasteiger partial charge in [0, 0.05) is 0 Å². The van der Waals surface area contributed by atoms with Crippen molar-refractivity contribution in [3.63, 3.8) is 0 Å². The highest BCUT2D eigenvalue weighted by molar-refractivity contribution is 5.83. The van der Waals surface area contributed by atoms with E-state index in [4.69, 9.17) is 18.9 Å². The molecule has 0 fully saturated rings. The first-order valence-corrected chi connectivity index (χ1v) is 14.6. The van der Waals surface area contributed by atoms with Gasteiger partial charge in [-0.1, -0.05) is 32.0 Å². The average Bonchev–Trinajstić information content (AvgIpc) is 3.37. The van der Waals surface area contributed by atoms with Gasteiger partial charge in [-0.2, -0.15) is 0 Å². The molecule has 0 aliphatic rings. The molecule has 3 unspecified atom stereocenters. The van der Waals surface area contributed by atoms with Crippen molar-refractivity contribution >= 4 is 28.9 Å². The molecule has 228 valence electrons. The standard InChI is InChI=1S/C32H43N3O7/c1-20(2)41-31(37)24(7)25(32(38)42-21(3)4)19-23(6)30(36)40-17-11-10-16-39-29-15-14-22(5)18-28(29)35-33-26-12-8-9-13-27(26)34-35/h8-9,12-15,18,20-21,23-25H,10-11,16-17,19H2,1-7H3. The summed E-state index contributed by atoms with van der Waals surface area (Å²) in [6.45, 7) is 12.9. The maximum atomic E-state index is 12.8. The van der Waals surface area contributed by atoms with Crippen molar-refractivity contribution in [2.75, 3.05) is 13.2 Å². The highest BCUT2D eigenvalue weighted by atomic mass is 16.6. The Labute approximate surface area is 247 Å². The van der Waals surface area contributed by atoms with Crippen molar-refractivity contribution in [2.45, 2.75) is 79.9 Å². The Balaban J connectivity index is 1.49. The smallest absolute Gasteiger partial charge is 0.310 e. The molecule has 1 aromatic heterocycles. The molecule has 42 heavy (non-hydrogen) atoms. The SMILES string of the molecule is Cc1ccc(OCCCCOC(=O)C(C)CC(C(=O)OC(C)C)C(C)C(=O)OC(C)C)c(-n2nc3ccccc3n2)c1. The summed E-state index contributed by atoms with van der Waals surface area (Å²) in [5.41, 5.74) is 3.41. The number of hydrogen-bond acceptors (Lipinski definition) is 9. The second kappa shape index (κ2) is 15.3. The molecule has 3 aromatic rings. The number of ether oxygens (including phenoxy) is 4. The van der Waals surface area contributed by atoms with Gasteiger partial charge in [0.05, 0.1) is 43.2 Å². The van der Waals surface area contributed by atoms with Gasteiger partial charge >= 0.3 is 17.9 Å². The van der Waals surface area contributed by atoms with Crippen LogP contribution in [0.25, 0.3) is 16.7 Å². The van der Waals surface area contributed by atoms with Gasteiger partial charge in [0.15, 0.2) is 0 Å². The summed E-state index contributed by atoms with van der Waals surface area (Å²) in [7, 11) is 0. The van der Waals surface area contributed by atoms with Gasteiger partial charge in [-0.25, -0.2) is 0 Å². The second-order valence-corrected chi connectivity index (χ2v) is 11.2. The number of carbonyl (C=O) groups is 3. The minimum atomic E-state index is -0.819. The van der Waals surface area contributed by atoms with E-state index in [1.807, 2.05) is 49.4 Å². The summed E-state index contributed by atoms with van der Waals surface area (Å²) in [5.74, 6) is -2.97. The zero-order chi connectivity index (χ0) is 30.8. The predicted octanol–water partition coefficient (Wildman–Crippen LogP) is 5.61. The van der Waals surface area contributed by atoms with Crippen LogP contribution in [0.2, 0.25) is 0 Å². The van der Waals surface area contributed by atoms with Gasteiger partial charge in [-0.15, -0.1) is 15.0 Å². The molecule has 3 rings (SSSR count). The van der Waals surface area contributed by atoms with Crippen LogP contribution in [0.3, 0.4) is 0 Å². The molecule has 10 nitrogen and oxygen atoms in total. The minimum Gasteiger partial charge on any atom is -0.491 e. The number of aromatic nitrogens is 3. The fraction of sp³-hybridized carbons (Fsp3) is 0.531. The Hall–Kier alpha value is -3.95. The van der Waals surface area contributed by atoms with Crippen LogP contribution in [0.5, 0.6) is 5.75 Å². The molecule has 10 heteroatoms. The van der Waals surface area contributed by atoms with Crippen molar-refractivity contribution in [1.29, 1.82) is 0 Å². The minimum absolute atomic E-state index is 0.120. The van der Waals surface area contributed by atoms with Crippen molar-refractivity contribution in [3.8, 4) is 11.4 Å². The van der Waals surface area contributed by atoms with Crippen LogP contribution < -0.4 is 4.74 Å². The summed E-state index contributed by atoms with van der Waals surface area (Å²) in [6.07, 6.45) is 0.719. The van der Waals surface area contributed by atoms with E-state index in [1.165, 1.54) is 0 Å². The third kappa shape index (κ3) is 9.29. The maximum absolute atomic E-state index is 12.8. The third-order valence-electron chi connectivity index (χ3n) is 6.65. The fourth-order valence-corrected chi connectivity index (χ4v) is 4.38. The second-order valence-electron chi connectivity index (χ2n) is 11.2. The molecule has 0 radical (unpaired) electrons. The lowest BCUT2D eigenvalue weighted by molar-refractivity contribution is -0.166. The van der Waals surface area contributed by atoms with E-state index in [0.717, 1.165) is 22.3 Å². The first-order chi connectivity index (χ1) is 20.0. The first-order valence-electron chi connectivity index (χ1n) is 14.6. The molecule has 1 heterocycles. The summed E-state index contributed by atoms with van der Waals surface area (Å²) in [6, 6.07) is 13.5. The van der Waals surface area contributed by atoms with Gasteiger partial charge in [0.25, 0.3) is 0 Å². The van der Waals surface area contributed by atoms with Crippen LogP contribution in [0, 0.1) is 24.7 Å². The number of esters is 3. The fourth-order valence-electron chi connectivity index (χ4n) is 4.38. The lowest BCUT2D eigenvalue weighted by Gasteiger charge is -2.25. The Morgan fingerprint density at radius 2 is 1.38 bits per heavy atom. The Kier molecular flexibility index (Phi) is 11.9. The molecule has 3 atom stereocenters. The molecule has 0 N–H and O–H groups in total. The molecule has 0 aliphatic heterocycles. The summed E-state index contributed by atoms with van der Waals surface area (Å²) < 4.78 is 22.2. The highest BCUT2D eigenvalue weighted by Crippen LogP contribution is 2.26. The van der Waals surface area contributed by atoms with E-state index in [0.29, 0.717) is 25.2 Å². The number of aryl methyl sites for hydroxylation is 1. The van der Waals surface area contributed by atoms with Crippen LogP contribution >= 0.6 is 0 Å². The summed E-state index contributed by atoms with van der Waals surface area (Å²) in [5, 5.41) is 9.14. The van der Waals surface area contributed by atoms with Crippen LogP contribution in [-0.4, -0.2) is 58.3 Å². The maximum Gasteiger partial charge on any atom is 0.310 e. The van der Waals surface area contributed by atoms with Gasteiger partial charge in [0.1, 0.15) is 22.5 Å². The normalized spacial score (nSPS) is 13.5. The zero-order valence-electron chi connectivity index (χ0n) is 25.7. The third-order valence-corrected chi connectivity index (χ3v) is 6.65. The molecule has 2 aromatic carbocycles. The number of fused-ring (bicyclic) bond motifs is 1. The summed E-state index contributed by atoms with van der Waals surface area (Å²) in [4.78, 5) is 39.6. The molecule has 0 saturated heterocycles. The quantitative estimate of drug-likeness (QED) is 0.128. The molecule has 0 amide bonds. The Bertz CT molecular complexity index is 1320. The van der Waals surface area contributed by atoms with E-state index in [9.17, 15) is 14.4 Å². The van der Waals surface area contributed by atoms with Gasteiger partial charge < -0.3 is 18.9 Å². The zero-order valence-corrected chi connectivity index (χ0v) is 25.7. The van der Waals surface area contributed by atoms with Crippen LogP contribution in [0.1, 0.15) is 66.4 Å². The van der Waals surface area contributed by atoms with Crippen LogP contribution in [0.4, 0.5) is 0 Å². The molecular formula is C32H43N3O7.